The lowest BCUT2D eigenvalue weighted by atomic mass is 9.85. The molecule has 0 atom stereocenters. The van der Waals surface area contributed by atoms with Gasteiger partial charge < -0.3 is 10.4 Å². The third-order valence-electron chi connectivity index (χ3n) is 4.97. The number of nitrogens with one attached hydrogen (secondary N) is 1. The first-order chi connectivity index (χ1) is 10.9. The minimum Gasteiger partial charge on any atom is -0.480 e. The summed E-state index contributed by atoms with van der Waals surface area (Å²) in [6.07, 6.45) is 5.66. The molecule has 2 aliphatic rings. The average molecular weight is 320 g/mol. The van der Waals surface area contributed by atoms with Gasteiger partial charge in [-0.1, -0.05) is 0 Å². The molecule has 7 heteroatoms. The van der Waals surface area contributed by atoms with E-state index in [-0.39, 0.29) is 24.5 Å². The topological polar surface area (TPSA) is 87.5 Å². The van der Waals surface area contributed by atoms with E-state index in [9.17, 15) is 9.59 Å². The van der Waals surface area contributed by atoms with Crippen LogP contribution in [0.3, 0.4) is 0 Å². The predicted molar refractivity (Wildman–Crippen MR) is 84.2 cm³/mol. The van der Waals surface area contributed by atoms with Crippen molar-refractivity contribution in [1.82, 2.24) is 20.0 Å². The molecule has 23 heavy (non-hydrogen) atoms. The molecule has 2 aliphatic carbocycles. The van der Waals surface area contributed by atoms with Crippen LogP contribution in [0.2, 0.25) is 0 Å². The third kappa shape index (κ3) is 3.72. The van der Waals surface area contributed by atoms with Gasteiger partial charge in [0.1, 0.15) is 0 Å². The van der Waals surface area contributed by atoms with Crippen LogP contribution < -0.4 is 5.32 Å². The Morgan fingerprint density at radius 3 is 2.65 bits per heavy atom. The van der Waals surface area contributed by atoms with E-state index < -0.39 is 5.97 Å². The molecule has 1 aromatic heterocycles. The van der Waals surface area contributed by atoms with Crippen molar-refractivity contribution in [3.63, 3.8) is 0 Å². The van der Waals surface area contributed by atoms with Gasteiger partial charge in [0.25, 0.3) is 5.91 Å². The summed E-state index contributed by atoms with van der Waals surface area (Å²) in [5, 5.41) is 16.2. The number of aromatic nitrogens is 2. The van der Waals surface area contributed by atoms with Gasteiger partial charge in [0, 0.05) is 31.4 Å². The minimum absolute atomic E-state index is 0.0916. The number of rotatable bonds is 7. The highest BCUT2D eigenvalue weighted by Gasteiger charge is 2.38. The molecule has 1 aromatic rings. The molecule has 2 N–H and O–H groups in total. The zero-order chi connectivity index (χ0) is 16.6. The molecule has 0 aromatic carbocycles. The Morgan fingerprint density at radius 1 is 1.43 bits per heavy atom. The molecule has 3 rings (SSSR count). The summed E-state index contributed by atoms with van der Waals surface area (Å²) < 4.78 is 1.68. The maximum absolute atomic E-state index is 12.3. The van der Waals surface area contributed by atoms with Crippen LogP contribution in [0.15, 0.2) is 6.20 Å². The lowest BCUT2D eigenvalue weighted by Gasteiger charge is -2.42. The Hall–Kier alpha value is -1.89. The van der Waals surface area contributed by atoms with Crippen LogP contribution in [0, 0.1) is 12.8 Å². The molecular weight excluding hydrogens is 296 g/mol. The lowest BCUT2D eigenvalue weighted by molar-refractivity contribution is -0.139. The molecule has 1 heterocycles. The number of aliphatic carboxylic acids is 1. The Balaban J connectivity index is 1.50. The first-order valence-electron chi connectivity index (χ1n) is 8.19. The summed E-state index contributed by atoms with van der Waals surface area (Å²) in [5.41, 5.74) is 1.45. The van der Waals surface area contributed by atoms with Gasteiger partial charge in [0.15, 0.2) is 0 Å². The van der Waals surface area contributed by atoms with Crippen molar-refractivity contribution >= 4 is 11.9 Å². The first kappa shape index (κ1) is 16.0. The number of carboxylic acids is 1. The number of amides is 1. The Kier molecular flexibility index (Phi) is 4.39. The Labute approximate surface area is 135 Å². The largest absolute Gasteiger partial charge is 0.480 e. The van der Waals surface area contributed by atoms with E-state index >= 15 is 0 Å². The second kappa shape index (κ2) is 6.31. The van der Waals surface area contributed by atoms with Crippen LogP contribution in [-0.2, 0) is 11.8 Å². The number of carboxylic acid groups (broad SMARTS) is 1. The smallest absolute Gasteiger partial charge is 0.317 e. The molecular formula is C16H24N4O3. The standard InChI is InChI=1S/C16H24N4O3/c1-10-14(7-17-19(10)2)16(23)18-12-5-13(6-12)20(9-15(21)22)8-11-3-4-11/h7,11-13H,3-6,8-9H2,1-2H3,(H,18,23)(H,21,22). The maximum Gasteiger partial charge on any atom is 0.317 e. The van der Waals surface area contributed by atoms with E-state index in [1.807, 2.05) is 14.0 Å². The highest BCUT2D eigenvalue weighted by atomic mass is 16.4. The van der Waals surface area contributed by atoms with Crippen LogP contribution in [0.1, 0.15) is 41.7 Å². The van der Waals surface area contributed by atoms with E-state index in [0.717, 1.165) is 25.1 Å². The highest BCUT2D eigenvalue weighted by Crippen LogP contribution is 2.33. The lowest BCUT2D eigenvalue weighted by Crippen LogP contribution is -2.55. The fourth-order valence-corrected chi connectivity index (χ4v) is 3.14. The van der Waals surface area contributed by atoms with Gasteiger partial charge in [-0.05, 0) is 38.5 Å². The average Bonchev–Trinajstić information content (AvgIpc) is 3.18. The Bertz CT molecular complexity index is 602. The second-order valence-electron chi connectivity index (χ2n) is 6.83. The quantitative estimate of drug-likeness (QED) is 0.775. The van der Waals surface area contributed by atoms with Gasteiger partial charge in [-0.25, -0.2) is 0 Å². The fourth-order valence-electron chi connectivity index (χ4n) is 3.14. The van der Waals surface area contributed by atoms with Crippen LogP contribution in [0.4, 0.5) is 0 Å². The number of hydrogen-bond donors (Lipinski definition) is 2. The highest BCUT2D eigenvalue weighted by molar-refractivity contribution is 5.95. The maximum atomic E-state index is 12.3. The van der Waals surface area contributed by atoms with Crippen molar-refractivity contribution in [3.8, 4) is 0 Å². The van der Waals surface area contributed by atoms with Gasteiger partial charge >= 0.3 is 5.97 Å². The van der Waals surface area contributed by atoms with Crippen LogP contribution in [0.25, 0.3) is 0 Å². The molecule has 0 spiro atoms. The summed E-state index contributed by atoms with van der Waals surface area (Å²) in [5.74, 6) is -0.198. The molecule has 0 aliphatic heterocycles. The van der Waals surface area contributed by atoms with Crippen LogP contribution >= 0.6 is 0 Å². The normalized spacial score (nSPS) is 23.6. The van der Waals surface area contributed by atoms with E-state index in [0.29, 0.717) is 11.5 Å². The zero-order valence-electron chi connectivity index (χ0n) is 13.7. The molecule has 0 bridgehead atoms. The summed E-state index contributed by atoms with van der Waals surface area (Å²) in [6, 6.07) is 0.398. The number of carbonyl (C=O) groups is 2. The summed E-state index contributed by atoms with van der Waals surface area (Å²) in [6.45, 7) is 2.85. The van der Waals surface area contributed by atoms with Crippen molar-refractivity contribution in [2.45, 2.75) is 44.7 Å². The van der Waals surface area contributed by atoms with E-state index in [2.05, 4.69) is 15.3 Å². The molecule has 2 fully saturated rings. The number of nitrogens with zero attached hydrogens (tertiary/aromatic N) is 3. The minimum atomic E-state index is -0.774. The predicted octanol–water partition coefficient (Wildman–Crippen LogP) is 0.786. The summed E-state index contributed by atoms with van der Waals surface area (Å²) in [7, 11) is 1.81. The van der Waals surface area contributed by atoms with Crippen molar-refractivity contribution in [1.29, 1.82) is 0 Å². The van der Waals surface area contributed by atoms with Crippen molar-refractivity contribution in [2.75, 3.05) is 13.1 Å². The molecule has 7 nitrogen and oxygen atoms in total. The van der Waals surface area contributed by atoms with E-state index in [4.69, 9.17) is 5.11 Å². The van der Waals surface area contributed by atoms with Crippen molar-refractivity contribution in [2.24, 2.45) is 13.0 Å². The third-order valence-corrected chi connectivity index (χ3v) is 4.97. The molecule has 0 saturated heterocycles. The number of aryl methyl sites for hydroxylation is 1. The number of hydrogen-bond acceptors (Lipinski definition) is 4. The summed E-state index contributed by atoms with van der Waals surface area (Å²) in [4.78, 5) is 25.3. The monoisotopic (exact) mass is 320 g/mol. The SMILES string of the molecule is Cc1c(C(=O)NC2CC(N(CC(=O)O)CC3CC3)C2)cnn1C. The molecule has 2 saturated carbocycles. The first-order valence-corrected chi connectivity index (χ1v) is 8.19. The summed E-state index contributed by atoms with van der Waals surface area (Å²) >= 11 is 0. The molecule has 0 unspecified atom stereocenters. The van der Waals surface area contributed by atoms with E-state index in [1.165, 1.54) is 12.8 Å². The van der Waals surface area contributed by atoms with Gasteiger partial charge in [-0.15, -0.1) is 0 Å². The van der Waals surface area contributed by atoms with E-state index in [1.54, 1.807) is 10.9 Å². The van der Waals surface area contributed by atoms with Crippen LogP contribution in [0.5, 0.6) is 0 Å². The van der Waals surface area contributed by atoms with Crippen molar-refractivity contribution in [3.05, 3.63) is 17.5 Å². The zero-order valence-corrected chi connectivity index (χ0v) is 13.7. The van der Waals surface area contributed by atoms with Crippen LogP contribution in [-0.4, -0.2) is 56.8 Å². The van der Waals surface area contributed by atoms with Gasteiger partial charge in [0.05, 0.1) is 18.3 Å². The van der Waals surface area contributed by atoms with Crippen molar-refractivity contribution < 1.29 is 14.7 Å². The van der Waals surface area contributed by atoms with Gasteiger partial charge in [-0.3, -0.25) is 19.2 Å². The van der Waals surface area contributed by atoms with Gasteiger partial charge in [0.2, 0.25) is 0 Å². The van der Waals surface area contributed by atoms with Gasteiger partial charge in [-0.2, -0.15) is 5.10 Å². The molecule has 0 radical (unpaired) electrons. The fraction of sp³-hybridized carbons (Fsp3) is 0.688. The molecule has 126 valence electrons. The molecule has 1 amide bonds. The number of carbonyl (C=O) groups excluding carboxylic acids is 1. The second-order valence-corrected chi connectivity index (χ2v) is 6.83. The Morgan fingerprint density at radius 2 is 2.13 bits per heavy atom.